The number of pyridine rings is 1. The summed E-state index contributed by atoms with van der Waals surface area (Å²) >= 11 is 0. The first-order chi connectivity index (χ1) is 9.74. The minimum atomic E-state index is 0.129. The first kappa shape index (κ1) is 13.2. The molecule has 2 aromatic heterocycles. The second kappa shape index (κ2) is 5.71. The molecular weight excluding hydrogens is 252 g/mol. The first-order valence-electron chi connectivity index (χ1n) is 7.23. The van der Waals surface area contributed by atoms with Crippen LogP contribution in [-0.2, 0) is 6.42 Å². The third-order valence-electron chi connectivity index (χ3n) is 4.14. The van der Waals surface area contributed by atoms with Gasteiger partial charge in [0.15, 0.2) is 0 Å². The molecule has 1 aliphatic rings. The molecular formula is C15H20N4O. The predicted molar refractivity (Wildman–Crippen MR) is 75.9 cm³/mol. The number of nitrogens with two attached hydrogens (primary N) is 1. The van der Waals surface area contributed by atoms with Crippen LogP contribution in [0.25, 0.3) is 11.4 Å². The van der Waals surface area contributed by atoms with Crippen LogP contribution in [0.5, 0.6) is 0 Å². The third-order valence-corrected chi connectivity index (χ3v) is 4.14. The molecule has 0 radical (unpaired) electrons. The van der Waals surface area contributed by atoms with E-state index >= 15 is 0 Å². The van der Waals surface area contributed by atoms with Crippen molar-refractivity contribution in [3.63, 3.8) is 0 Å². The maximum Gasteiger partial charge on any atom is 0.228 e. The summed E-state index contributed by atoms with van der Waals surface area (Å²) in [6, 6.07) is 2.03. The van der Waals surface area contributed by atoms with Crippen molar-refractivity contribution in [3.8, 4) is 11.4 Å². The zero-order valence-electron chi connectivity index (χ0n) is 11.7. The first-order valence-corrected chi connectivity index (χ1v) is 7.23. The average Bonchev–Trinajstić information content (AvgIpc) is 3.10. The summed E-state index contributed by atoms with van der Waals surface area (Å²) in [7, 11) is 0. The average molecular weight is 272 g/mol. The van der Waals surface area contributed by atoms with Crippen LogP contribution in [0, 0.1) is 12.8 Å². The molecule has 2 aromatic rings. The van der Waals surface area contributed by atoms with Gasteiger partial charge < -0.3 is 10.3 Å². The van der Waals surface area contributed by atoms with Gasteiger partial charge in [-0.25, -0.2) is 0 Å². The van der Waals surface area contributed by atoms with Crippen LogP contribution in [0.4, 0.5) is 0 Å². The molecule has 1 unspecified atom stereocenters. The molecule has 0 aromatic carbocycles. The van der Waals surface area contributed by atoms with Gasteiger partial charge in [-0.15, -0.1) is 0 Å². The van der Waals surface area contributed by atoms with Crippen molar-refractivity contribution in [3.05, 3.63) is 29.9 Å². The van der Waals surface area contributed by atoms with Gasteiger partial charge in [0.05, 0.1) is 0 Å². The van der Waals surface area contributed by atoms with Gasteiger partial charge in [0.25, 0.3) is 0 Å². The molecule has 0 saturated heterocycles. The molecule has 0 bridgehead atoms. The highest BCUT2D eigenvalue weighted by Gasteiger charge is 2.24. The SMILES string of the molecule is Cc1cnccc1-c1noc(CC(N)C2CCCC2)n1. The molecule has 1 fully saturated rings. The number of aromatic nitrogens is 3. The number of hydrogen-bond donors (Lipinski definition) is 1. The normalized spacial score (nSPS) is 17.5. The second-order valence-electron chi connectivity index (χ2n) is 5.61. The molecule has 2 heterocycles. The number of rotatable bonds is 4. The Morgan fingerprint density at radius 1 is 1.40 bits per heavy atom. The van der Waals surface area contributed by atoms with Gasteiger partial charge in [0.2, 0.25) is 11.7 Å². The molecule has 1 aliphatic carbocycles. The van der Waals surface area contributed by atoms with Crippen LogP contribution in [-0.4, -0.2) is 21.2 Å². The molecule has 0 aliphatic heterocycles. The molecule has 0 spiro atoms. The highest BCUT2D eigenvalue weighted by molar-refractivity contribution is 5.57. The van der Waals surface area contributed by atoms with Crippen molar-refractivity contribution in [2.75, 3.05) is 0 Å². The van der Waals surface area contributed by atoms with Gasteiger partial charge in [0.1, 0.15) is 0 Å². The fraction of sp³-hybridized carbons (Fsp3) is 0.533. The number of aryl methyl sites for hydroxylation is 1. The smallest absolute Gasteiger partial charge is 0.228 e. The summed E-state index contributed by atoms with van der Waals surface area (Å²) in [5.74, 6) is 1.86. The highest BCUT2D eigenvalue weighted by atomic mass is 16.5. The van der Waals surface area contributed by atoms with E-state index in [0.717, 1.165) is 11.1 Å². The Morgan fingerprint density at radius 3 is 2.95 bits per heavy atom. The van der Waals surface area contributed by atoms with Gasteiger partial charge in [-0.05, 0) is 37.3 Å². The number of nitrogens with zero attached hydrogens (tertiary/aromatic N) is 3. The Hall–Kier alpha value is -1.75. The summed E-state index contributed by atoms with van der Waals surface area (Å²) < 4.78 is 5.34. The van der Waals surface area contributed by atoms with E-state index in [1.54, 1.807) is 12.4 Å². The van der Waals surface area contributed by atoms with Crippen LogP contribution < -0.4 is 5.73 Å². The Labute approximate surface area is 118 Å². The van der Waals surface area contributed by atoms with Crippen molar-refractivity contribution in [1.82, 2.24) is 15.1 Å². The Kier molecular flexibility index (Phi) is 3.78. The largest absolute Gasteiger partial charge is 0.339 e. The Balaban J connectivity index is 1.72. The van der Waals surface area contributed by atoms with E-state index in [0.29, 0.717) is 24.1 Å². The quantitative estimate of drug-likeness (QED) is 0.925. The van der Waals surface area contributed by atoms with Crippen LogP contribution in [0.3, 0.4) is 0 Å². The fourth-order valence-corrected chi connectivity index (χ4v) is 2.93. The maximum atomic E-state index is 6.25. The monoisotopic (exact) mass is 272 g/mol. The lowest BCUT2D eigenvalue weighted by Crippen LogP contribution is -2.30. The standard InChI is InChI=1S/C15H20N4O/c1-10-9-17-7-6-12(10)15-18-14(20-19-15)8-13(16)11-4-2-3-5-11/h6-7,9,11,13H,2-5,8,16H2,1H3. The van der Waals surface area contributed by atoms with Crippen LogP contribution in [0.15, 0.2) is 23.0 Å². The van der Waals surface area contributed by atoms with Crippen LogP contribution in [0.1, 0.15) is 37.1 Å². The molecule has 1 saturated carbocycles. The van der Waals surface area contributed by atoms with Gasteiger partial charge in [-0.1, -0.05) is 18.0 Å². The lowest BCUT2D eigenvalue weighted by atomic mass is 9.96. The molecule has 2 N–H and O–H groups in total. The lowest BCUT2D eigenvalue weighted by Gasteiger charge is -2.16. The van der Waals surface area contributed by atoms with E-state index in [-0.39, 0.29) is 6.04 Å². The maximum absolute atomic E-state index is 6.25. The molecule has 1 atom stereocenters. The van der Waals surface area contributed by atoms with E-state index < -0.39 is 0 Å². The second-order valence-corrected chi connectivity index (χ2v) is 5.61. The van der Waals surface area contributed by atoms with Gasteiger partial charge >= 0.3 is 0 Å². The third kappa shape index (κ3) is 2.72. The summed E-state index contributed by atoms with van der Waals surface area (Å²) in [4.78, 5) is 8.54. The zero-order chi connectivity index (χ0) is 13.9. The number of hydrogen-bond acceptors (Lipinski definition) is 5. The van der Waals surface area contributed by atoms with Gasteiger partial charge in [0, 0.05) is 30.4 Å². The molecule has 3 rings (SSSR count). The summed E-state index contributed by atoms with van der Waals surface area (Å²) in [6.45, 7) is 1.99. The molecule has 106 valence electrons. The molecule has 20 heavy (non-hydrogen) atoms. The van der Waals surface area contributed by atoms with Crippen LogP contribution >= 0.6 is 0 Å². The minimum Gasteiger partial charge on any atom is -0.339 e. The van der Waals surface area contributed by atoms with E-state index in [1.807, 2.05) is 13.0 Å². The summed E-state index contributed by atoms with van der Waals surface area (Å²) in [5.41, 5.74) is 8.26. The van der Waals surface area contributed by atoms with Crippen LogP contribution in [0.2, 0.25) is 0 Å². The fourth-order valence-electron chi connectivity index (χ4n) is 2.93. The predicted octanol–water partition coefficient (Wildman–Crippen LogP) is 2.50. The van der Waals surface area contributed by atoms with E-state index in [1.165, 1.54) is 25.7 Å². The van der Waals surface area contributed by atoms with Crippen molar-refractivity contribution in [2.45, 2.75) is 45.1 Å². The minimum absolute atomic E-state index is 0.129. The van der Waals surface area contributed by atoms with Crippen molar-refractivity contribution in [1.29, 1.82) is 0 Å². The Bertz CT molecular complexity index is 575. The van der Waals surface area contributed by atoms with E-state index in [9.17, 15) is 0 Å². The van der Waals surface area contributed by atoms with Crippen molar-refractivity contribution in [2.24, 2.45) is 11.7 Å². The molecule has 0 amide bonds. The summed E-state index contributed by atoms with van der Waals surface area (Å²) in [5, 5.41) is 4.06. The Morgan fingerprint density at radius 2 is 2.20 bits per heavy atom. The van der Waals surface area contributed by atoms with Crippen molar-refractivity contribution < 1.29 is 4.52 Å². The zero-order valence-corrected chi connectivity index (χ0v) is 11.7. The highest BCUT2D eigenvalue weighted by Crippen LogP contribution is 2.28. The summed E-state index contributed by atoms with van der Waals surface area (Å²) in [6.07, 6.45) is 9.25. The van der Waals surface area contributed by atoms with E-state index in [2.05, 4.69) is 15.1 Å². The van der Waals surface area contributed by atoms with Gasteiger partial charge in [-0.3, -0.25) is 4.98 Å². The topological polar surface area (TPSA) is 77.8 Å². The van der Waals surface area contributed by atoms with Gasteiger partial charge in [-0.2, -0.15) is 4.98 Å². The van der Waals surface area contributed by atoms with E-state index in [4.69, 9.17) is 10.3 Å². The van der Waals surface area contributed by atoms with Crippen molar-refractivity contribution >= 4 is 0 Å². The lowest BCUT2D eigenvalue weighted by molar-refractivity contribution is 0.341. The molecule has 5 nitrogen and oxygen atoms in total. The molecule has 5 heteroatoms.